The van der Waals surface area contributed by atoms with Crippen molar-refractivity contribution in [3.63, 3.8) is 0 Å². The summed E-state index contributed by atoms with van der Waals surface area (Å²) < 4.78 is 0. The third-order valence-electron chi connectivity index (χ3n) is 6.58. The first kappa shape index (κ1) is 25.2. The van der Waals surface area contributed by atoms with Crippen LogP contribution in [0.4, 0.5) is 17.1 Å². The molecule has 0 bridgehead atoms. The molecule has 0 spiro atoms. The number of non-ortho nitro benzene ring substituents is 1. The Morgan fingerprint density at radius 2 is 1.39 bits per heavy atom. The van der Waals surface area contributed by atoms with Crippen LogP contribution in [0.5, 0.6) is 0 Å². The minimum atomic E-state index is -0.413. The Hall–Kier alpha value is -3.93. The van der Waals surface area contributed by atoms with Crippen molar-refractivity contribution < 1.29 is 9.72 Å². The molecule has 1 aliphatic rings. The molecule has 1 N–H and O–H groups in total. The third kappa shape index (κ3) is 5.82. The van der Waals surface area contributed by atoms with Gasteiger partial charge in [0.05, 0.1) is 11.0 Å². The number of nitro groups is 1. The van der Waals surface area contributed by atoms with Crippen LogP contribution in [0, 0.1) is 10.1 Å². The highest BCUT2D eigenvalue weighted by Gasteiger charge is 2.35. The number of unbranched alkanes of at least 4 members (excludes halogenated alkanes) is 2. The summed E-state index contributed by atoms with van der Waals surface area (Å²) in [4.78, 5) is 26.1. The van der Waals surface area contributed by atoms with Crippen LogP contribution in [0.3, 0.4) is 0 Å². The molecule has 0 radical (unpaired) electrons. The molecule has 3 aromatic carbocycles. The van der Waals surface area contributed by atoms with Gasteiger partial charge in [-0.1, -0.05) is 51.0 Å². The maximum Gasteiger partial charge on any atom is 0.275 e. The number of nitro benzene ring substituents is 1. The van der Waals surface area contributed by atoms with Gasteiger partial charge in [0.25, 0.3) is 11.6 Å². The second-order valence-electron chi connectivity index (χ2n) is 9.24. The fraction of sp³-hybridized carbons (Fsp3) is 0.300. The number of nitrogens with one attached hydrogen (secondary N) is 1. The summed E-state index contributed by atoms with van der Waals surface area (Å²) in [6.45, 7) is 4.35. The van der Waals surface area contributed by atoms with Crippen molar-refractivity contribution in [1.29, 1.82) is 0 Å². The van der Waals surface area contributed by atoms with E-state index in [2.05, 4.69) is 43.4 Å². The molecule has 186 valence electrons. The molecule has 4 rings (SSSR count). The van der Waals surface area contributed by atoms with Crippen molar-refractivity contribution in [2.75, 3.05) is 10.2 Å². The minimum Gasteiger partial charge on any atom is -0.351 e. The van der Waals surface area contributed by atoms with Crippen molar-refractivity contribution in [1.82, 2.24) is 0 Å². The average molecular weight is 484 g/mol. The number of nitrogens with zero attached hydrogens (tertiary/aromatic N) is 2. The van der Waals surface area contributed by atoms with Crippen molar-refractivity contribution in [2.45, 2.75) is 58.4 Å². The molecule has 1 aliphatic heterocycles. The van der Waals surface area contributed by atoms with Gasteiger partial charge in [-0.05, 0) is 84.8 Å². The summed E-state index contributed by atoms with van der Waals surface area (Å²) in [5.41, 5.74) is 5.52. The van der Waals surface area contributed by atoms with Gasteiger partial charge >= 0.3 is 0 Å². The SMILES string of the molecule is CCCCc1ccc(NC2=C[C@H](c3ccc([N+](=O)[O-])cc3)N(c3ccc(CCCC)cc3)C2=O)cc1. The first-order valence-corrected chi connectivity index (χ1v) is 12.7. The summed E-state index contributed by atoms with van der Waals surface area (Å²) in [6, 6.07) is 22.4. The largest absolute Gasteiger partial charge is 0.351 e. The van der Waals surface area contributed by atoms with Crippen LogP contribution in [0.1, 0.15) is 62.3 Å². The second kappa shape index (κ2) is 11.7. The highest BCUT2D eigenvalue weighted by Crippen LogP contribution is 2.37. The Labute approximate surface area is 212 Å². The number of hydrogen-bond acceptors (Lipinski definition) is 4. The van der Waals surface area contributed by atoms with Crippen molar-refractivity contribution in [3.05, 3.63) is 111 Å². The van der Waals surface area contributed by atoms with Crippen molar-refractivity contribution in [3.8, 4) is 0 Å². The molecule has 36 heavy (non-hydrogen) atoms. The lowest BCUT2D eigenvalue weighted by atomic mass is 10.0. The summed E-state index contributed by atoms with van der Waals surface area (Å²) in [5.74, 6) is -0.130. The lowest BCUT2D eigenvalue weighted by Gasteiger charge is -2.25. The second-order valence-corrected chi connectivity index (χ2v) is 9.24. The molecule has 0 unspecified atom stereocenters. The molecule has 0 saturated heterocycles. The Balaban J connectivity index is 1.62. The number of anilines is 2. The molecule has 6 heteroatoms. The first-order valence-electron chi connectivity index (χ1n) is 12.7. The first-order chi connectivity index (χ1) is 17.5. The van der Waals surface area contributed by atoms with Gasteiger partial charge in [-0.15, -0.1) is 0 Å². The monoisotopic (exact) mass is 483 g/mol. The van der Waals surface area contributed by atoms with Crippen LogP contribution in [0.2, 0.25) is 0 Å². The van der Waals surface area contributed by atoms with Crippen LogP contribution in [0.25, 0.3) is 0 Å². The molecule has 1 amide bonds. The number of benzene rings is 3. The predicted molar refractivity (Wildman–Crippen MR) is 145 cm³/mol. The van der Waals surface area contributed by atoms with Crippen molar-refractivity contribution in [2.24, 2.45) is 0 Å². The van der Waals surface area contributed by atoms with Gasteiger partial charge in [0.1, 0.15) is 5.70 Å². The van der Waals surface area contributed by atoms with Gasteiger partial charge in [-0.3, -0.25) is 19.8 Å². The van der Waals surface area contributed by atoms with Gasteiger partial charge in [0.15, 0.2) is 0 Å². The average Bonchev–Trinajstić information content (AvgIpc) is 3.23. The van der Waals surface area contributed by atoms with Gasteiger partial charge in [-0.25, -0.2) is 0 Å². The molecule has 6 nitrogen and oxygen atoms in total. The lowest BCUT2D eigenvalue weighted by molar-refractivity contribution is -0.384. The van der Waals surface area contributed by atoms with Gasteiger partial charge in [-0.2, -0.15) is 0 Å². The van der Waals surface area contributed by atoms with Gasteiger partial charge in [0.2, 0.25) is 0 Å². The zero-order valence-electron chi connectivity index (χ0n) is 20.9. The molecule has 1 atom stereocenters. The third-order valence-corrected chi connectivity index (χ3v) is 6.58. The fourth-order valence-electron chi connectivity index (χ4n) is 4.47. The predicted octanol–water partition coefficient (Wildman–Crippen LogP) is 7.36. The number of rotatable bonds is 11. The van der Waals surface area contributed by atoms with Gasteiger partial charge < -0.3 is 5.32 Å². The van der Waals surface area contributed by atoms with Crippen LogP contribution >= 0.6 is 0 Å². The van der Waals surface area contributed by atoms with E-state index in [1.165, 1.54) is 23.3 Å². The minimum absolute atomic E-state index is 0.0281. The zero-order chi connectivity index (χ0) is 25.5. The molecule has 0 aromatic heterocycles. The van der Waals surface area contributed by atoms with E-state index < -0.39 is 4.92 Å². The molecule has 0 fully saturated rings. The smallest absolute Gasteiger partial charge is 0.275 e. The lowest BCUT2D eigenvalue weighted by Crippen LogP contribution is -2.30. The Morgan fingerprint density at radius 1 is 0.833 bits per heavy atom. The van der Waals surface area contributed by atoms with Gasteiger partial charge in [0, 0.05) is 23.5 Å². The van der Waals surface area contributed by atoms with E-state index in [-0.39, 0.29) is 17.6 Å². The molecular formula is C30H33N3O3. The topological polar surface area (TPSA) is 75.5 Å². The Kier molecular flexibility index (Phi) is 8.16. The van der Waals surface area contributed by atoms with Crippen LogP contribution < -0.4 is 10.2 Å². The quantitative estimate of drug-likeness (QED) is 0.228. The number of aryl methyl sites for hydroxylation is 2. The zero-order valence-corrected chi connectivity index (χ0v) is 20.9. The van der Waals surface area contributed by atoms with Crippen LogP contribution in [-0.4, -0.2) is 10.8 Å². The maximum atomic E-state index is 13.6. The highest BCUT2D eigenvalue weighted by atomic mass is 16.6. The van der Waals surface area contributed by atoms with Crippen LogP contribution in [0.15, 0.2) is 84.6 Å². The highest BCUT2D eigenvalue weighted by molar-refractivity contribution is 6.11. The van der Waals surface area contributed by atoms with E-state index in [9.17, 15) is 14.9 Å². The summed E-state index contributed by atoms with van der Waals surface area (Å²) in [6.07, 6.45) is 8.52. The normalized spacial score (nSPS) is 15.2. The van der Waals surface area contributed by atoms with Crippen LogP contribution in [-0.2, 0) is 17.6 Å². The summed E-state index contributed by atoms with van der Waals surface area (Å²) in [5, 5.41) is 14.4. The van der Waals surface area contributed by atoms with Crippen molar-refractivity contribution >= 4 is 23.0 Å². The fourth-order valence-corrected chi connectivity index (χ4v) is 4.47. The number of carbonyl (C=O) groups is 1. The van der Waals surface area contributed by atoms with E-state index in [1.807, 2.05) is 30.3 Å². The van der Waals surface area contributed by atoms with E-state index in [0.29, 0.717) is 5.70 Å². The van der Waals surface area contributed by atoms with E-state index >= 15 is 0 Å². The standard InChI is InChI=1S/C30H33N3O3/c1-3-5-7-22-9-15-25(16-10-22)31-28-21-29(24-13-19-27(20-14-24)33(35)36)32(30(28)34)26-17-11-23(12-18-26)8-6-4-2/h9-21,29,31H,3-8H2,1-2H3/t29-/m1/s1. The molecule has 1 heterocycles. The number of amides is 1. The van der Waals surface area contributed by atoms with E-state index in [1.54, 1.807) is 17.0 Å². The Morgan fingerprint density at radius 3 is 1.92 bits per heavy atom. The van der Waals surface area contributed by atoms with E-state index in [0.717, 1.165) is 55.5 Å². The number of carbonyl (C=O) groups excluding carboxylic acids is 1. The Bertz CT molecular complexity index is 1220. The summed E-state index contributed by atoms with van der Waals surface area (Å²) in [7, 11) is 0. The maximum absolute atomic E-state index is 13.6. The molecule has 0 saturated carbocycles. The van der Waals surface area contributed by atoms with E-state index in [4.69, 9.17) is 0 Å². The molecule has 0 aliphatic carbocycles. The summed E-state index contributed by atoms with van der Waals surface area (Å²) >= 11 is 0. The number of hydrogen-bond donors (Lipinski definition) is 1. The molecular weight excluding hydrogens is 450 g/mol. The molecule has 3 aromatic rings.